The average molecular weight is 338 g/mol. The van der Waals surface area contributed by atoms with Crippen LogP contribution in [0.5, 0.6) is 0 Å². The number of carbonyl (C=O) groups excluding carboxylic acids is 1. The first kappa shape index (κ1) is 17.0. The monoisotopic (exact) mass is 338 g/mol. The minimum Gasteiger partial charge on any atom is -0.343 e. The summed E-state index contributed by atoms with van der Waals surface area (Å²) < 4.78 is 1.40. The molecule has 6 nitrogen and oxygen atoms in total. The van der Waals surface area contributed by atoms with Gasteiger partial charge in [-0.05, 0) is 43.5 Å². The molecule has 1 amide bonds. The van der Waals surface area contributed by atoms with Crippen LogP contribution in [0.25, 0.3) is 11.0 Å². The lowest BCUT2D eigenvalue weighted by Crippen LogP contribution is -2.30. The zero-order chi connectivity index (χ0) is 18.1. The van der Waals surface area contributed by atoms with E-state index in [4.69, 9.17) is 0 Å². The van der Waals surface area contributed by atoms with Crippen LogP contribution in [-0.2, 0) is 11.3 Å². The number of aromatic nitrogens is 3. The molecule has 6 heteroatoms. The number of fused-ring (bicyclic) bond motifs is 1. The maximum Gasteiger partial charge on any atom is 0.263 e. The molecule has 0 spiro atoms. The van der Waals surface area contributed by atoms with Gasteiger partial charge in [0.25, 0.3) is 5.56 Å². The Labute approximate surface area is 145 Å². The number of H-pyrrole nitrogens is 1. The molecule has 0 unspecified atom stereocenters. The molecule has 3 rings (SSSR count). The van der Waals surface area contributed by atoms with Crippen LogP contribution in [0.3, 0.4) is 0 Å². The van der Waals surface area contributed by atoms with Gasteiger partial charge in [-0.15, -0.1) is 0 Å². The topological polar surface area (TPSA) is 79.8 Å². The minimum absolute atomic E-state index is 0.0657. The first-order valence-corrected chi connectivity index (χ1v) is 8.31. The van der Waals surface area contributed by atoms with E-state index in [0.717, 1.165) is 5.69 Å². The molecule has 0 aliphatic carbocycles. The Morgan fingerprint density at radius 3 is 2.56 bits per heavy atom. The highest BCUT2D eigenvalue weighted by atomic mass is 16.2. The smallest absolute Gasteiger partial charge is 0.263 e. The SMILES string of the molecule is Cc1cc2c(=O)n(CC(=O)Nc3ccc(C(C)C)cc3)c(C)nc2[nH]1. The Bertz CT molecular complexity index is 981. The highest BCUT2D eigenvalue weighted by Crippen LogP contribution is 2.17. The number of nitrogens with zero attached hydrogens (tertiary/aromatic N) is 2. The molecule has 0 bridgehead atoms. The van der Waals surface area contributed by atoms with E-state index >= 15 is 0 Å². The van der Waals surface area contributed by atoms with Gasteiger partial charge in [0.1, 0.15) is 18.0 Å². The maximum absolute atomic E-state index is 12.6. The van der Waals surface area contributed by atoms with E-state index in [-0.39, 0.29) is 18.0 Å². The number of carbonyl (C=O) groups is 1. The molecule has 25 heavy (non-hydrogen) atoms. The zero-order valence-electron chi connectivity index (χ0n) is 14.9. The first-order valence-electron chi connectivity index (χ1n) is 8.31. The molecule has 0 fully saturated rings. The highest BCUT2D eigenvalue weighted by Gasteiger charge is 2.13. The lowest BCUT2D eigenvalue weighted by Gasteiger charge is -2.11. The Kier molecular flexibility index (Phi) is 4.44. The summed E-state index contributed by atoms with van der Waals surface area (Å²) in [5.41, 5.74) is 3.14. The van der Waals surface area contributed by atoms with Crippen LogP contribution in [0.2, 0.25) is 0 Å². The largest absolute Gasteiger partial charge is 0.343 e. The van der Waals surface area contributed by atoms with Crippen LogP contribution in [-0.4, -0.2) is 20.4 Å². The van der Waals surface area contributed by atoms with Crippen molar-refractivity contribution in [3.05, 3.63) is 57.8 Å². The van der Waals surface area contributed by atoms with Crippen molar-refractivity contribution < 1.29 is 4.79 Å². The van der Waals surface area contributed by atoms with Gasteiger partial charge in [0.05, 0.1) is 5.39 Å². The lowest BCUT2D eigenvalue weighted by atomic mass is 10.0. The van der Waals surface area contributed by atoms with Crippen molar-refractivity contribution >= 4 is 22.6 Å². The van der Waals surface area contributed by atoms with Gasteiger partial charge in [0.15, 0.2) is 0 Å². The fourth-order valence-electron chi connectivity index (χ4n) is 2.82. The Balaban J connectivity index is 1.81. The molecule has 0 saturated carbocycles. The van der Waals surface area contributed by atoms with Crippen molar-refractivity contribution in [3.63, 3.8) is 0 Å². The van der Waals surface area contributed by atoms with Gasteiger partial charge < -0.3 is 10.3 Å². The van der Waals surface area contributed by atoms with E-state index < -0.39 is 0 Å². The second-order valence-electron chi connectivity index (χ2n) is 6.59. The number of aryl methyl sites for hydroxylation is 2. The molecule has 0 aliphatic rings. The quantitative estimate of drug-likeness (QED) is 0.767. The number of amides is 1. The number of hydrogen-bond acceptors (Lipinski definition) is 3. The lowest BCUT2D eigenvalue weighted by molar-refractivity contribution is -0.116. The summed E-state index contributed by atoms with van der Waals surface area (Å²) in [6.07, 6.45) is 0. The van der Waals surface area contributed by atoms with Gasteiger partial charge in [-0.25, -0.2) is 4.98 Å². The summed E-state index contributed by atoms with van der Waals surface area (Å²) in [6.45, 7) is 7.77. The molecule has 130 valence electrons. The number of benzene rings is 1. The van der Waals surface area contributed by atoms with Crippen molar-refractivity contribution in [1.82, 2.24) is 14.5 Å². The van der Waals surface area contributed by atoms with Gasteiger partial charge in [0.2, 0.25) is 5.91 Å². The third-order valence-electron chi connectivity index (χ3n) is 4.23. The third kappa shape index (κ3) is 3.47. The van der Waals surface area contributed by atoms with Gasteiger partial charge in [-0.1, -0.05) is 26.0 Å². The van der Waals surface area contributed by atoms with E-state index in [2.05, 4.69) is 29.1 Å². The molecular weight excluding hydrogens is 316 g/mol. The third-order valence-corrected chi connectivity index (χ3v) is 4.23. The fraction of sp³-hybridized carbons (Fsp3) is 0.316. The van der Waals surface area contributed by atoms with E-state index in [1.807, 2.05) is 31.2 Å². The van der Waals surface area contributed by atoms with Crippen LogP contribution in [0.15, 0.2) is 35.1 Å². The van der Waals surface area contributed by atoms with Crippen molar-refractivity contribution in [3.8, 4) is 0 Å². The number of nitrogens with one attached hydrogen (secondary N) is 2. The summed E-state index contributed by atoms with van der Waals surface area (Å²) in [6, 6.07) is 9.49. The van der Waals surface area contributed by atoms with Crippen molar-refractivity contribution in [2.75, 3.05) is 5.32 Å². The molecule has 0 radical (unpaired) electrons. The van der Waals surface area contributed by atoms with E-state index in [1.165, 1.54) is 10.1 Å². The number of rotatable bonds is 4. The van der Waals surface area contributed by atoms with Crippen LogP contribution in [0.1, 0.15) is 36.8 Å². The maximum atomic E-state index is 12.6. The summed E-state index contributed by atoms with van der Waals surface area (Å²) >= 11 is 0. The molecular formula is C19H22N4O2. The van der Waals surface area contributed by atoms with Crippen molar-refractivity contribution in [1.29, 1.82) is 0 Å². The summed E-state index contributed by atoms with van der Waals surface area (Å²) in [4.78, 5) is 32.4. The molecule has 0 atom stereocenters. The van der Waals surface area contributed by atoms with Crippen LogP contribution < -0.4 is 10.9 Å². The van der Waals surface area contributed by atoms with Crippen LogP contribution in [0, 0.1) is 13.8 Å². The average Bonchev–Trinajstić information content (AvgIpc) is 2.92. The fourth-order valence-corrected chi connectivity index (χ4v) is 2.82. The van der Waals surface area contributed by atoms with E-state index in [0.29, 0.717) is 28.5 Å². The highest BCUT2D eigenvalue weighted by molar-refractivity contribution is 5.90. The van der Waals surface area contributed by atoms with Crippen molar-refractivity contribution in [2.24, 2.45) is 0 Å². The van der Waals surface area contributed by atoms with Gasteiger partial charge in [-0.2, -0.15) is 0 Å². The molecule has 2 heterocycles. The summed E-state index contributed by atoms with van der Waals surface area (Å²) in [7, 11) is 0. The van der Waals surface area contributed by atoms with E-state index in [9.17, 15) is 9.59 Å². The Morgan fingerprint density at radius 1 is 1.24 bits per heavy atom. The number of hydrogen-bond donors (Lipinski definition) is 2. The molecule has 2 N–H and O–H groups in total. The molecule has 0 saturated heterocycles. The van der Waals surface area contributed by atoms with Crippen LogP contribution >= 0.6 is 0 Å². The zero-order valence-corrected chi connectivity index (χ0v) is 14.9. The van der Waals surface area contributed by atoms with Gasteiger partial charge in [-0.3, -0.25) is 14.2 Å². The van der Waals surface area contributed by atoms with E-state index in [1.54, 1.807) is 13.0 Å². The second kappa shape index (κ2) is 6.55. The Morgan fingerprint density at radius 2 is 1.92 bits per heavy atom. The van der Waals surface area contributed by atoms with Crippen molar-refractivity contribution in [2.45, 2.75) is 40.2 Å². The predicted molar refractivity (Wildman–Crippen MR) is 99.0 cm³/mol. The number of aromatic amines is 1. The van der Waals surface area contributed by atoms with Gasteiger partial charge in [0, 0.05) is 11.4 Å². The Hall–Kier alpha value is -2.89. The molecule has 1 aromatic carbocycles. The standard InChI is InChI=1S/C19H22N4O2/c1-11(2)14-5-7-15(8-6-14)22-17(24)10-23-13(4)21-18-16(19(23)25)9-12(3)20-18/h5-9,11,20H,10H2,1-4H3,(H,22,24). The normalized spacial score (nSPS) is 11.2. The summed E-state index contributed by atoms with van der Waals surface area (Å²) in [5, 5.41) is 3.33. The number of anilines is 1. The molecule has 2 aromatic heterocycles. The van der Waals surface area contributed by atoms with Crippen LogP contribution in [0.4, 0.5) is 5.69 Å². The first-order chi connectivity index (χ1) is 11.8. The summed E-state index contributed by atoms with van der Waals surface area (Å²) in [5.74, 6) is 0.689. The second-order valence-corrected chi connectivity index (χ2v) is 6.59. The molecule has 0 aliphatic heterocycles. The predicted octanol–water partition coefficient (Wildman–Crippen LogP) is 3.10. The van der Waals surface area contributed by atoms with Gasteiger partial charge >= 0.3 is 0 Å². The minimum atomic E-state index is -0.254. The molecule has 3 aromatic rings.